The van der Waals surface area contributed by atoms with Gasteiger partial charge < -0.3 is 5.11 Å². The van der Waals surface area contributed by atoms with Gasteiger partial charge in [0.15, 0.2) is 0 Å². The van der Waals surface area contributed by atoms with E-state index in [2.05, 4.69) is 38.1 Å². The molecular formula is C14H22O. The topological polar surface area (TPSA) is 20.2 Å². The average molecular weight is 206 g/mol. The molecule has 84 valence electrons. The highest BCUT2D eigenvalue weighted by atomic mass is 16.2. The third kappa shape index (κ3) is 4.48. The standard InChI is InChI=1S/C14H22O/c1-12(2)14-9-7-13(8-10-14)6-4-3-5-11-15/h7-10,12,15H,3-6,11H2,1-2H3. The van der Waals surface area contributed by atoms with E-state index < -0.39 is 0 Å². The van der Waals surface area contributed by atoms with Gasteiger partial charge in [-0.1, -0.05) is 44.5 Å². The molecule has 0 saturated carbocycles. The van der Waals surface area contributed by atoms with Crippen molar-refractivity contribution in [2.24, 2.45) is 0 Å². The number of hydrogen-bond acceptors (Lipinski definition) is 1. The van der Waals surface area contributed by atoms with Crippen LogP contribution in [0, 0.1) is 0 Å². The van der Waals surface area contributed by atoms with Crippen LogP contribution >= 0.6 is 0 Å². The van der Waals surface area contributed by atoms with Gasteiger partial charge in [-0.2, -0.15) is 0 Å². The summed E-state index contributed by atoms with van der Waals surface area (Å²) < 4.78 is 0. The molecule has 0 amide bonds. The number of unbranched alkanes of at least 4 members (excludes halogenated alkanes) is 2. The van der Waals surface area contributed by atoms with E-state index in [0.717, 1.165) is 19.3 Å². The molecule has 15 heavy (non-hydrogen) atoms. The summed E-state index contributed by atoms with van der Waals surface area (Å²) in [6.45, 7) is 4.76. The predicted molar refractivity (Wildman–Crippen MR) is 65.2 cm³/mol. The minimum absolute atomic E-state index is 0.326. The molecule has 0 bridgehead atoms. The summed E-state index contributed by atoms with van der Waals surface area (Å²) in [7, 11) is 0. The van der Waals surface area contributed by atoms with Crippen LogP contribution in [0.3, 0.4) is 0 Å². The van der Waals surface area contributed by atoms with E-state index in [1.165, 1.54) is 17.5 Å². The molecular weight excluding hydrogens is 184 g/mol. The molecule has 1 heteroatoms. The van der Waals surface area contributed by atoms with Crippen molar-refractivity contribution in [1.82, 2.24) is 0 Å². The molecule has 0 saturated heterocycles. The molecule has 0 aromatic heterocycles. The van der Waals surface area contributed by atoms with E-state index in [9.17, 15) is 0 Å². The fourth-order valence-electron chi connectivity index (χ4n) is 1.69. The largest absolute Gasteiger partial charge is 0.396 e. The maximum Gasteiger partial charge on any atom is 0.0431 e. The Labute approximate surface area is 93.1 Å². The van der Waals surface area contributed by atoms with Crippen molar-refractivity contribution in [1.29, 1.82) is 0 Å². The van der Waals surface area contributed by atoms with Gasteiger partial charge in [-0.15, -0.1) is 0 Å². The predicted octanol–water partition coefficient (Wildman–Crippen LogP) is 3.52. The highest BCUT2D eigenvalue weighted by Gasteiger charge is 1.98. The fraction of sp³-hybridized carbons (Fsp3) is 0.571. The third-order valence-electron chi connectivity index (χ3n) is 2.77. The lowest BCUT2D eigenvalue weighted by molar-refractivity contribution is 0.283. The van der Waals surface area contributed by atoms with Crippen molar-refractivity contribution in [3.05, 3.63) is 35.4 Å². The molecule has 0 aliphatic rings. The van der Waals surface area contributed by atoms with Crippen LogP contribution in [-0.4, -0.2) is 11.7 Å². The highest BCUT2D eigenvalue weighted by molar-refractivity contribution is 5.24. The first kappa shape index (κ1) is 12.3. The number of rotatable bonds is 6. The van der Waals surface area contributed by atoms with Crippen molar-refractivity contribution >= 4 is 0 Å². The molecule has 0 heterocycles. The van der Waals surface area contributed by atoms with E-state index in [1.54, 1.807) is 0 Å². The van der Waals surface area contributed by atoms with Crippen LogP contribution in [0.2, 0.25) is 0 Å². The molecule has 0 unspecified atom stereocenters. The van der Waals surface area contributed by atoms with Crippen molar-refractivity contribution in [2.45, 2.75) is 45.4 Å². The Balaban J connectivity index is 2.36. The van der Waals surface area contributed by atoms with Crippen LogP contribution in [0.25, 0.3) is 0 Å². The van der Waals surface area contributed by atoms with Crippen LogP contribution in [-0.2, 0) is 6.42 Å². The number of aliphatic hydroxyl groups is 1. The van der Waals surface area contributed by atoms with E-state index >= 15 is 0 Å². The lowest BCUT2D eigenvalue weighted by atomic mass is 10.00. The molecule has 1 nitrogen and oxygen atoms in total. The lowest BCUT2D eigenvalue weighted by Crippen LogP contribution is -1.90. The zero-order valence-electron chi connectivity index (χ0n) is 9.87. The molecule has 0 atom stereocenters. The second-order valence-corrected chi connectivity index (χ2v) is 4.43. The van der Waals surface area contributed by atoms with Gasteiger partial charge in [0.25, 0.3) is 0 Å². The minimum Gasteiger partial charge on any atom is -0.396 e. The fourth-order valence-corrected chi connectivity index (χ4v) is 1.69. The lowest BCUT2D eigenvalue weighted by Gasteiger charge is -2.06. The molecule has 0 aliphatic heterocycles. The Hall–Kier alpha value is -0.820. The first-order chi connectivity index (χ1) is 7.24. The van der Waals surface area contributed by atoms with Gasteiger partial charge in [0.1, 0.15) is 0 Å². The van der Waals surface area contributed by atoms with Crippen LogP contribution in [0.15, 0.2) is 24.3 Å². The summed E-state index contributed by atoms with van der Waals surface area (Å²) in [5.74, 6) is 0.619. The number of aliphatic hydroxyl groups excluding tert-OH is 1. The number of aryl methyl sites for hydroxylation is 1. The molecule has 1 N–H and O–H groups in total. The molecule has 0 fully saturated rings. The second-order valence-electron chi connectivity index (χ2n) is 4.43. The van der Waals surface area contributed by atoms with Gasteiger partial charge in [-0.05, 0) is 36.3 Å². The van der Waals surface area contributed by atoms with Gasteiger partial charge in [0, 0.05) is 6.61 Å². The summed E-state index contributed by atoms with van der Waals surface area (Å²) >= 11 is 0. The Bertz CT molecular complexity index is 261. The molecule has 0 radical (unpaired) electrons. The van der Waals surface area contributed by atoms with Gasteiger partial charge in [-0.25, -0.2) is 0 Å². The van der Waals surface area contributed by atoms with Gasteiger partial charge >= 0.3 is 0 Å². The van der Waals surface area contributed by atoms with Crippen LogP contribution in [0.1, 0.15) is 50.2 Å². The maximum absolute atomic E-state index is 8.66. The number of benzene rings is 1. The summed E-state index contributed by atoms with van der Waals surface area (Å²) in [5, 5.41) is 8.66. The molecule has 1 aromatic rings. The quantitative estimate of drug-likeness (QED) is 0.706. The summed E-state index contributed by atoms with van der Waals surface area (Å²) in [5.41, 5.74) is 2.83. The number of hydrogen-bond donors (Lipinski definition) is 1. The first-order valence-corrected chi connectivity index (χ1v) is 5.93. The summed E-state index contributed by atoms with van der Waals surface area (Å²) in [4.78, 5) is 0. The van der Waals surface area contributed by atoms with Crippen molar-refractivity contribution in [3.8, 4) is 0 Å². The SMILES string of the molecule is CC(C)c1ccc(CCCCCO)cc1. The smallest absolute Gasteiger partial charge is 0.0431 e. The average Bonchev–Trinajstić information content (AvgIpc) is 2.25. The van der Waals surface area contributed by atoms with Crippen molar-refractivity contribution in [3.63, 3.8) is 0 Å². The van der Waals surface area contributed by atoms with E-state index in [4.69, 9.17) is 5.11 Å². The van der Waals surface area contributed by atoms with E-state index in [0.29, 0.717) is 12.5 Å². The summed E-state index contributed by atoms with van der Waals surface area (Å²) in [6, 6.07) is 8.92. The van der Waals surface area contributed by atoms with E-state index in [1.807, 2.05) is 0 Å². The maximum atomic E-state index is 8.66. The minimum atomic E-state index is 0.326. The zero-order chi connectivity index (χ0) is 11.1. The van der Waals surface area contributed by atoms with Gasteiger partial charge in [0.2, 0.25) is 0 Å². The van der Waals surface area contributed by atoms with Crippen LogP contribution in [0.5, 0.6) is 0 Å². The molecule has 0 spiro atoms. The monoisotopic (exact) mass is 206 g/mol. The highest BCUT2D eigenvalue weighted by Crippen LogP contribution is 2.15. The second kappa shape index (κ2) is 6.62. The van der Waals surface area contributed by atoms with Gasteiger partial charge in [0.05, 0.1) is 0 Å². The molecule has 1 rings (SSSR count). The third-order valence-corrected chi connectivity index (χ3v) is 2.77. The molecule has 0 aliphatic carbocycles. The van der Waals surface area contributed by atoms with Gasteiger partial charge in [-0.3, -0.25) is 0 Å². The normalized spacial score (nSPS) is 10.9. The Kier molecular flexibility index (Phi) is 5.41. The first-order valence-electron chi connectivity index (χ1n) is 5.93. The van der Waals surface area contributed by atoms with Crippen LogP contribution in [0.4, 0.5) is 0 Å². The van der Waals surface area contributed by atoms with Crippen LogP contribution < -0.4 is 0 Å². The van der Waals surface area contributed by atoms with Crippen molar-refractivity contribution < 1.29 is 5.11 Å². The Morgan fingerprint density at radius 3 is 2.20 bits per heavy atom. The van der Waals surface area contributed by atoms with E-state index in [-0.39, 0.29) is 0 Å². The summed E-state index contributed by atoms with van der Waals surface area (Å²) in [6.07, 6.45) is 4.38. The zero-order valence-corrected chi connectivity index (χ0v) is 9.87. The van der Waals surface area contributed by atoms with Crippen molar-refractivity contribution in [2.75, 3.05) is 6.61 Å². The Morgan fingerprint density at radius 1 is 1.00 bits per heavy atom. The molecule has 1 aromatic carbocycles. The Morgan fingerprint density at radius 2 is 1.67 bits per heavy atom.